The molecule has 0 spiro atoms. The summed E-state index contributed by atoms with van der Waals surface area (Å²) >= 11 is 0. The Morgan fingerprint density at radius 2 is 1.75 bits per heavy atom. The molecule has 0 bridgehead atoms. The van der Waals surface area contributed by atoms with Crippen LogP contribution in [-0.2, 0) is 23.2 Å². The third-order valence-corrected chi connectivity index (χ3v) is 6.44. The molecule has 0 aromatic rings. The fraction of sp³-hybridized carbons (Fsp3) is 0.846. The van der Waals surface area contributed by atoms with E-state index in [4.69, 9.17) is 8.85 Å². The van der Waals surface area contributed by atoms with Crippen molar-refractivity contribution in [2.45, 2.75) is 58.0 Å². The van der Waals surface area contributed by atoms with Crippen LogP contribution in [0.2, 0.25) is 13.1 Å². The summed E-state index contributed by atoms with van der Waals surface area (Å²) in [6, 6.07) is 0. The van der Waals surface area contributed by atoms with E-state index in [-0.39, 0.29) is 29.8 Å². The Hall–Kier alpha value is -0.366. The van der Waals surface area contributed by atoms with Crippen LogP contribution in [0.1, 0.15) is 33.1 Å². The fourth-order valence-corrected chi connectivity index (χ4v) is 5.10. The van der Waals surface area contributed by atoms with Crippen LogP contribution >= 0.6 is 0 Å². The summed E-state index contributed by atoms with van der Waals surface area (Å²) in [4.78, 5) is 0. The van der Waals surface area contributed by atoms with Crippen LogP contribution in [0, 0.1) is 11.3 Å². The Balaban J connectivity index is 2.80. The maximum absolute atomic E-state index is 12.4. The highest BCUT2D eigenvalue weighted by Crippen LogP contribution is 2.42. The zero-order valence-electron chi connectivity index (χ0n) is 14.4. The minimum absolute atomic E-state index is 0.115. The molecule has 0 aromatic heterocycles. The number of allylic oxidation sites excluding steroid dienone is 2. The van der Waals surface area contributed by atoms with Crippen molar-refractivity contribution in [3.8, 4) is 0 Å². The molecule has 0 aliphatic heterocycles. The summed E-state index contributed by atoms with van der Waals surface area (Å²) in [5.41, 5.74) is -5.72. The van der Waals surface area contributed by atoms with Gasteiger partial charge in [-0.3, -0.25) is 0 Å². The molecule has 0 heterocycles. The molecule has 0 aromatic carbocycles. The Morgan fingerprint density at radius 3 is 2.12 bits per heavy atom. The molecule has 1 atom stereocenters. The lowest BCUT2D eigenvalue weighted by molar-refractivity contribution is -0.107. The van der Waals surface area contributed by atoms with Crippen LogP contribution in [0.3, 0.4) is 0 Å². The highest BCUT2D eigenvalue weighted by Gasteiger charge is 2.49. The topological polar surface area (TPSA) is 61.8 Å². The van der Waals surface area contributed by atoms with E-state index in [1.807, 2.05) is 26.9 Å². The van der Waals surface area contributed by atoms with Gasteiger partial charge in [0.05, 0.1) is 0 Å². The predicted octanol–water partition coefficient (Wildman–Crippen LogP) is 2.19. The lowest BCUT2D eigenvalue weighted by Gasteiger charge is -2.42. The van der Waals surface area contributed by atoms with E-state index in [1.54, 1.807) is 0 Å². The zero-order chi connectivity index (χ0) is 18.6. The summed E-state index contributed by atoms with van der Waals surface area (Å²) in [5, 5.41) is 0. The van der Waals surface area contributed by atoms with E-state index >= 15 is 0 Å². The lowest BCUT2D eigenvalue weighted by atomic mass is 9.72. The van der Waals surface area contributed by atoms with E-state index in [9.17, 15) is 21.6 Å². The Morgan fingerprint density at radius 1 is 1.21 bits per heavy atom. The second-order valence-electron chi connectivity index (χ2n) is 6.19. The van der Waals surface area contributed by atoms with Crippen molar-refractivity contribution in [3.05, 3.63) is 11.8 Å². The third-order valence-electron chi connectivity index (χ3n) is 4.17. The molecule has 0 fully saturated rings. The van der Waals surface area contributed by atoms with E-state index in [1.165, 1.54) is 6.08 Å². The van der Waals surface area contributed by atoms with Crippen LogP contribution in [0.4, 0.5) is 13.2 Å². The number of alkyl halides is 3. The van der Waals surface area contributed by atoms with Gasteiger partial charge in [0.25, 0.3) is 0 Å². The van der Waals surface area contributed by atoms with Gasteiger partial charge >= 0.3 is 15.6 Å². The summed E-state index contributed by atoms with van der Waals surface area (Å²) in [7, 11) is -6.92. The first-order valence-corrected chi connectivity index (χ1v) is 13.3. The zero-order valence-corrected chi connectivity index (χ0v) is 18.0. The minimum atomic E-state index is -5.59. The van der Waals surface area contributed by atoms with Crippen LogP contribution in [0.5, 0.6) is 0 Å². The second-order valence-corrected chi connectivity index (χ2v) is 9.55. The van der Waals surface area contributed by atoms with Crippen molar-refractivity contribution in [3.63, 3.8) is 0 Å². The minimum Gasteiger partial charge on any atom is -0.400 e. The Bertz CT molecular complexity index is 542. The van der Waals surface area contributed by atoms with E-state index in [2.05, 4.69) is 4.18 Å². The third kappa shape index (κ3) is 5.31. The molecular formula is C13H25F3O5SSi2. The predicted molar refractivity (Wildman–Crippen MR) is 90.0 cm³/mol. The van der Waals surface area contributed by atoms with Gasteiger partial charge in [0.1, 0.15) is 12.0 Å². The first-order valence-electron chi connectivity index (χ1n) is 7.88. The van der Waals surface area contributed by atoms with Crippen molar-refractivity contribution in [2.75, 3.05) is 0 Å². The average Bonchev–Trinajstić information content (AvgIpc) is 2.46. The maximum Gasteiger partial charge on any atom is 0.534 e. The molecule has 1 aliphatic carbocycles. The molecule has 0 radical (unpaired) electrons. The number of rotatable bonds is 8. The molecule has 24 heavy (non-hydrogen) atoms. The van der Waals surface area contributed by atoms with Gasteiger partial charge in [-0.05, 0) is 24.8 Å². The molecule has 1 rings (SSSR count). The van der Waals surface area contributed by atoms with Gasteiger partial charge in [-0.25, -0.2) is 0 Å². The van der Waals surface area contributed by atoms with Gasteiger partial charge in [-0.15, -0.1) is 0 Å². The van der Waals surface area contributed by atoms with Crippen molar-refractivity contribution in [2.24, 2.45) is 11.3 Å². The standard InChI is InChI=1S/C13H25F3O5SSi2/c1-12(2,11(20-23-3)21-24-4)9-5-7-10(8-6-9)19-22(17,18)13(14,15)16/h7,9,11H,5-6,8,23-24H2,1-4H3. The van der Waals surface area contributed by atoms with E-state index in [0.29, 0.717) is 12.8 Å². The highest BCUT2D eigenvalue weighted by molar-refractivity contribution is 7.87. The first kappa shape index (κ1) is 21.7. The lowest BCUT2D eigenvalue weighted by Crippen LogP contribution is -2.42. The molecule has 11 heteroatoms. The van der Waals surface area contributed by atoms with E-state index < -0.39 is 35.2 Å². The van der Waals surface area contributed by atoms with Crippen LogP contribution in [-0.4, -0.2) is 39.7 Å². The molecule has 142 valence electrons. The quantitative estimate of drug-likeness (QED) is 0.268. The van der Waals surface area contributed by atoms with Crippen molar-refractivity contribution in [1.29, 1.82) is 0 Å². The molecule has 0 saturated carbocycles. The number of hydrogen-bond acceptors (Lipinski definition) is 5. The smallest absolute Gasteiger partial charge is 0.400 e. The maximum atomic E-state index is 12.4. The summed E-state index contributed by atoms with van der Waals surface area (Å²) in [5.74, 6) is -0.0305. The van der Waals surface area contributed by atoms with Gasteiger partial charge in [0.15, 0.2) is 19.5 Å². The Labute approximate surface area is 145 Å². The average molecular weight is 407 g/mol. The van der Waals surface area contributed by atoms with Gasteiger partial charge in [-0.2, -0.15) is 21.6 Å². The van der Waals surface area contributed by atoms with Crippen molar-refractivity contribution < 1.29 is 34.6 Å². The molecule has 1 aliphatic rings. The second kappa shape index (κ2) is 8.34. The first-order chi connectivity index (χ1) is 11.0. The Kier molecular flexibility index (Phi) is 7.53. The molecular weight excluding hydrogens is 381 g/mol. The molecule has 0 amide bonds. The summed E-state index contributed by atoms with van der Waals surface area (Å²) < 4.78 is 75.0. The number of halogens is 3. The van der Waals surface area contributed by atoms with Gasteiger partial charge in [0.2, 0.25) is 0 Å². The monoisotopic (exact) mass is 406 g/mol. The van der Waals surface area contributed by atoms with Gasteiger partial charge < -0.3 is 13.0 Å². The largest absolute Gasteiger partial charge is 0.534 e. The van der Waals surface area contributed by atoms with Crippen LogP contribution < -0.4 is 0 Å². The molecule has 5 nitrogen and oxygen atoms in total. The van der Waals surface area contributed by atoms with E-state index in [0.717, 1.165) is 0 Å². The fourth-order valence-electron chi connectivity index (χ4n) is 2.72. The highest BCUT2D eigenvalue weighted by atomic mass is 32.2. The molecule has 1 unspecified atom stereocenters. The molecule has 0 saturated heterocycles. The number of hydrogen-bond donors (Lipinski definition) is 0. The van der Waals surface area contributed by atoms with Crippen LogP contribution in [0.15, 0.2) is 11.8 Å². The SMILES string of the molecule is C[SiH2]OC(O[SiH2]C)C(C)(C)C1CC=C(OS(=O)(=O)C(F)(F)F)CC1. The van der Waals surface area contributed by atoms with Crippen molar-refractivity contribution >= 4 is 29.6 Å². The molecule has 0 N–H and O–H groups in total. The summed E-state index contributed by atoms with van der Waals surface area (Å²) in [6.07, 6.45) is 2.21. The van der Waals surface area contributed by atoms with Crippen molar-refractivity contribution in [1.82, 2.24) is 0 Å². The van der Waals surface area contributed by atoms with Gasteiger partial charge in [-0.1, -0.05) is 26.9 Å². The summed E-state index contributed by atoms with van der Waals surface area (Å²) in [6.45, 7) is 8.06. The van der Waals surface area contributed by atoms with Crippen LogP contribution in [0.25, 0.3) is 0 Å². The normalized spacial score (nSPS) is 22.3. The van der Waals surface area contributed by atoms with Gasteiger partial charge in [0, 0.05) is 11.8 Å².